The summed E-state index contributed by atoms with van der Waals surface area (Å²) in [5.74, 6) is 0.745. The van der Waals surface area contributed by atoms with E-state index >= 15 is 0 Å². The van der Waals surface area contributed by atoms with Crippen LogP contribution >= 0.6 is 0 Å². The molecule has 2 rings (SSSR count). The van der Waals surface area contributed by atoms with Crippen LogP contribution < -0.4 is 10.3 Å². The van der Waals surface area contributed by atoms with Crippen molar-refractivity contribution in [3.8, 4) is 17.0 Å². The third-order valence-corrected chi connectivity index (χ3v) is 3.52. The lowest BCUT2D eigenvalue weighted by Gasteiger charge is -2.20. The molecule has 0 unspecified atom stereocenters. The first-order valence-electron chi connectivity index (χ1n) is 6.99. The Morgan fingerprint density at radius 2 is 1.95 bits per heavy atom. The fraction of sp³-hybridized carbons (Fsp3) is 0.353. The molecule has 0 aliphatic heterocycles. The van der Waals surface area contributed by atoms with Crippen LogP contribution in [-0.2, 0) is 12.1 Å². The summed E-state index contributed by atoms with van der Waals surface area (Å²) in [7, 11) is 1.61. The van der Waals surface area contributed by atoms with E-state index in [1.54, 1.807) is 31.6 Å². The lowest BCUT2D eigenvalue weighted by molar-refractivity contribution is 0.0765. The minimum Gasteiger partial charge on any atom is -0.497 e. The zero-order chi connectivity index (χ0) is 15.6. The largest absolute Gasteiger partial charge is 0.497 e. The Morgan fingerprint density at radius 1 is 1.24 bits per heavy atom. The highest BCUT2D eigenvalue weighted by atomic mass is 16.5. The van der Waals surface area contributed by atoms with Crippen molar-refractivity contribution in [3.05, 3.63) is 52.3 Å². The normalized spacial score (nSPS) is 11.5. The molecule has 1 N–H and O–H groups in total. The SMILES string of the molecule is CCn1c(-c2cccc(OC)c2)ccc(C(C)(C)O)c1=O. The second-order valence-electron chi connectivity index (χ2n) is 5.47. The van der Waals surface area contributed by atoms with Crippen molar-refractivity contribution < 1.29 is 9.84 Å². The van der Waals surface area contributed by atoms with Crippen molar-refractivity contribution >= 4 is 0 Å². The first-order chi connectivity index (χ1) is 9.88. The molecule has 2 aromatic rings. The molecule has 0 saturated carbocycles. The van der Waals surface area contributed by atoms with Crippen molar-refractivity contribution in [3.63, 3.8) is 0 Å². The predicted octanol–water partition coefficient (Wildman–Crippen LogP) is 2.77. The molecule has 0 fully saturated rings. The highest BCUT2D eigenvalue weighted by Gasteiger charge is 2.22. The molecule has 0 atom stereocenters. The number of rotatable bonds is 4. The van der Waals surface area contributed by atoms with Gasteiger partial charge in [-0.05, 0) is 45.0 Å². The Labute approximate surface area is 124 Å². The van der Waals surface area contributed by atoms with Gasteiger partial charge in [-0.1, -0.05) is 12.1 Å². The number of ether oxygens (including phenoxy) is 1. The van der Waals surface area contributed by atoms with Gasteiger partial charge in [0.2, 0.25) is 0 Å². The van der Waals surface area contributed by atoms with Crippen LogP contribution in [0.25, 0.3) is 11.3 Å². The van der Waals surface area contributed by atoms with Gasteiger partial charge in [0.25, 0.3) is 5.56 Å². The molecule has 1 aromatic heterocycles. The number of aromatic nitrogens is 1. The van der Waals surface area contributed by atoms with E-state index in [0.29, 0.717) is 12.1 Å². The van der Waals surface area contributed by atoms with Crippen LogP contribution in [0.3, 0.4) is 0 Å². The van der Waals surface area contributed by atoms with Crippen molar-refractivity contribution in [1.29, 1.82) is 0 Å². The molecule has 21 heavy (non-hydrogen) atoms. The Kier molecular flexibility index (Phi) is 4.19. The lowest BCUT2D eigenvalue weighted by atomic mass is 9.98. The third-order valence-electron chi connectivity index (χ3n) is 3.52. The van der Waals surface area contributed by atoms with Crippen molar-refractivity contribution in [2.75, 3.05) is 7.11 Å². The van der Waals surface area contributed by atoms with Crippen LogP contribution in [0.15, 0.2) is 41.2 Å². The van der Waals surface area contributed by atoms with E-state index in [4.69, 9.17) is 4.74 Å². The van der Waals surface area contributed by atoms with Crippen molar-refractivity contribution in [1.82, 2.24) is 4.57 Å². The molecule has 0 amide bonds. The number of hydrogen-bond acceptors (Lipinski definition) is 3. The summed E-state index contributed by atoms with van der Waals surface area (Å²) in [6, 6.07) is 11.2. The minimum atomic E-state index is -1.15. The smallest absolute Gasteiger partial charge is 0.257 e. The monoisotopic (exact) mass is 287 g/mol. The molecular weight excluding hydrogens is 266 g/mol. The first-order valence-corrected chi connectivity index (χ1v) is 6.99. The van der Waals surface area contributed by atoms with Gasteiger partial charge in [-0.3, -0.25) is 4.79 Å². The summed E-state index contributed by atoms with van der Waals surface area (Å²) < 4.78 is 6.90. The standard InChI is InChI=1S/C17H21NO3/c1-5-18-15(12-7-6-8-13(11-12)21-4)10-9-14(16(18)19)17(2,3)20/h6-11,20H,5H2,1-4H3. The molecule has 1 heterocycles. The summed E-state index contributed by atoms with van der Waals surface area (Å²) in [6.45, 7) is 5.69. The zero-order valence-electron chi connectivity index (χ0n) is 12.9. The molecule has 0 aliphatic rings. The Bertz CT molecular complexity index is 696. The fourth-order valence-corrected chi connectivity index (χ4v) is 2.39. The van der Waals surface area contributed by atoms with Gasteiger partial charge in [-0.2, -0.15) is 0 Å². The van der Waals surface area contributed by atoms with E-state index in [1.807, 2.05) is 37.3 Å². The van der Waals surface area contributed by atoms with Crippen LogP contribution in [0.2, 0.25) is 0 Å². The summed E-state index contributed by atoms with van der Waals surface area (Å²) in [5, 5.41) is 10.1. The van der Waals surface area contributed by atoms with E-state index in [2.05, 4.69) is 0 Å². The van der Waals surface area contributed by atoms with Crippen LogP contribution in [0, 0.1) is 0 Å². The maximum Gasteiger partial charge on any atom is 0.257 e. The summed E-state index contributed by atoms with van der Waals surface area (Å²) in [6.07, 6.45) is 0. The van der Waals surface area contributed by atoms with E-state index in [-0.39, 0.29) is 5.56 Å². The van der Waals surface area contributed by atoms with Crippen LogP contribution in [0.4, 0.5) is 0 Å². The molecule has 112 valence electrons. The maximum atomic E-state index is 12.6. The molecule has 1 aromatic carbocycles. The van der Waals surface area contributed by atoms with Crippen molar-refractivity contribution in [2.45, 2.75) is 32.9 Å². The van der Waals surface area contributed by atoms with Gasteiger partial charge in [0.15, 0.2) is 0 Å². The number of aliphatic hydroxyl groups is 1. The lowest BCUT2D eigenvalue weighted by Crippen LogP contribution is -2.32. The molecule has 4 nitrogen and oxygen atoms in total. The maximum absolute atomic E-state index is 12.6. The molecule has 0 radical (unpaired) electrons. The van der Waals surface area contributed by atoms with E-state index in [0.717, 1.165) is 17.0 Å². The highest BCUT2D eigenvalue weighted by molar-refractivity contribution is 5.62. The van der Waals surface area contributed by atoms with Gasteiger partial charge in [-0.15, -0.1) is 0 Å². The van der Waals surface area contributed by atoms with Gasteiger partial charge in [0.05, 0.1) is 18.4 Å². The average molecular weight is 287 g/mol. The Morgan fingerprint density at radius 3 is 2.52 bits per heavy atom. The van der Waals surface area contributed by atoms with Gasteiger partial charge in [-0.25, -0.2) is 0 Å². The predicted molar refractivity (Wildman–Crippen MR) is 83.6 cm³/mol. The number of benzene rings is 1. The molecule has 0 aliphatic carbocycles. The number of methoxy groups -OCH3 is 1. The number of nitrogens with zero attached hydrogens (tertiary/aromatic N) is 1. The third kappa shape index (κ3) is 3.00. The number of hydrogen-bond donors (Lipinski definition) is 1. The molecule has 0 bridgehead atoms. The second-order valence-corrected chi connectivity index (χ2v) is 5.47. The molecular formula is C17H21NO3. The second kappa shape index (κ2) is 5.74. The summed E-state index contributed by atoms with van der Waals surface area (Å²) in [5.41, 5.74) is 0.812. The summed E-state index contributed by atoms with van der Waals surface area (Å²) >= 11 is 0. The quantitative estimate of drug-likeness (QED) is 0.940. The molecule has 4 heteroatoms. The van der Waals surface area contributed by atoms with Crippen LogP contribution in [-0.4, -0.2) is 16.8 Å². The fourth-order valence-electron chi connectivity index (χ4n) is 2.39. The molecule has 0 saturated heterocycles. The topological polar surface area (TPSA) is 51.5 Å². The first kappa shape index (κ1) is 15.3. The van der Waals surface area contributed by atoms with Gasteiger partial charge < -0.3 is 14.4 Å². The van der Waals surface area contributed by atoms with E-state index < -0.39 is 5.60 Å². The Balaban J connectivity index is 2.65. The van der Waals surface area contributed by atoms with Crippen LogP contribution in [0.5, 0.6) is 5.75 Å². The molecule has 0 spiro atoms. The van der Waals surface area contributed by atoms with E-state index in [1.165, 1.54) is 0 Å². The van der Waals surface area contributed by atoms with Crippen LogP contribution in [0.1, 0.15) is 26.3 Å². The van der Waals surface area contributed by atoms with Gasteiger partial charge in [0, 0.05) is 17.7 Å². The minimum absolute atomic E-state index is 0.162. The van der Waals surface area contributed by atoms with Gasteiger partial charge in [0.1, 0.15) is 5.75 Å². The van der Waals surface area contributed by atoms with E-state index in [9.17, 15) is 9.90 Å². The van der Waals surface area contributed by atoms with Crippen molar-refractivity contribution in [2.24, 2.45) is 0 Å². The highest BCUT2D eigenvalue weighted by Crippen LogP contribution is 2.25. The number of pyridine rings is 1. The zero-order valence-corrected chi connectivity index (χ0v) is 12.9. The summed E-state index contributed by atoms with van der Waals surface area (Å²) in [4.78, 5) is 12.6. The van der Waals surface area contributed by atoms with Gasteiger partial charge >= 0.3 is 0 Å². The average Bonchev–Trinajstić information content (AvgIpc) is 2.45. The Hall–Kier alpha value is -2.07.